The second kappa shape index (κ2) is 3.78. The van der Waals surface area contributed by atoms with Gasteiger partial charge in [-0.3, -0.25) is 0 Å². The molecule has 20 heavy (non-hydrogen) atoms. The lowest BCUT2D eigenvalue weighted by Gasteiger charge is -2.46. The summed E-state index contributed by atoms with van der Waals surface area (Å²) in [7, 11) is 0. The molecule has 0 aromatic rings. The fourth-order valence-electron chi connectivity index (χ4n) is 4.96. The molecule has 0 spiro atoms. The van der Waals surface area contributed by atoms with E-state index in [1.54, 1.807) is 44.6 Å². The highest BCUT2D eigenvalue weighted by Gasteiger charge is 2.51. The lowest BCUT2D eigenvalue weighted by molar-refractivity contribution is 0.318. The van der Waals surface area contributed by atoms with Crippen molar-refractivity contribution in [2.45, 2.75) is 68.2 Å². The van der Waals surface area contributed by atoms with Crippen molar-refractivity contribution in [3.8, 4) is 0 Å². The van der Waals surface area contributed by atoms with Crippen molar-refractivity contribution in [3.05, 3.63) is 44.6 Å². The second-order valence-electron chi connectivity index (χ2n) is 7.72. The molecule has 0 N–H and O–H groups in total. The van der Waals surface area contributed by atoms with Crippen molar-refractivity contribution in [1.82, 2.24) is 0 Å². The standard InChI is InChI=1S/C20H28/c1-11-13(3)17-9-20(8)16(6)12(2)14(4)18(20)10-19(17,7)15(11)5/h9-10H2,1-8H3. The van der Waals surface area contributed by atoms with Crippen molar-refractivity contribution in [2.75, 3.05) is 0 Å². The molecule has 0 aromatic carbocycles. The van der Waals surface area contributed by atoms with Crippen LogP contribution in [0.4, 0.5) is 0 Å². The number of hydrogen-bond donors (Lipinski definition) is 0. The minimum absolute atomic E-state index is 0.287. The first kappa shape index (κ1) is 13.9. The topological polar surface area (TPSA) is 0 Å². The molecule has 0 heteroatoms. The van der Waals surface area contributed by atoms with Gasteiger partial charge in [-0.1, -0.05) is 36.1 Å². The Morgan fingerprint density at radius 2 is 0.850 bits per heavy atom. The van der Waals surface area contributed by atoms with E-state index in [0.717, 1.165) is 0 Å². The Bertz CT molecular complexity index is 590. The van der Waals surface area contributed by atoms with Crippen molar-refractivity contribution < 1.29 is 0 Å². The van der Waals surface area contributed by atoms with Gasteiger partial charge in [-0.25, -0.2) is 0 Å². The highest BCUT2D eigenvalue weighted by Crippen LogP contribution is 2.65. The summed E-state index contributed by atoms with van der Waals surface area (Å²) in [5.74, 6) is 0. The van der Waals surface area contributed by atoms with Crippen LogP contribution in [-0.4, -0.2) is 0 Å². The van der Waals surface area contributed by atoms with Crippen LogP contribution in [-0.2, 0) is 0 Å². The van der Waals surface area contributed by atoms with Crippen LogP contribution in [0.2, 0.25) is 0 Å². The van der Waals surface area contributed by atoms with Crippen LogP contribution in [0, 0.1) is 10.8 Å². The summed E-state index contributed by atoms with van der Waals surface area (Å²) in [6, 6.07) is 0. The molecule has 3 aliphatic rings. The molecular formula is C20H28. The van der Waals surface area contributed by atoms with Gasteiger partial charge >= 0.3 is 0 Å². The molecule has 0 radical (unpaired) electrons. The summed E-state index contributed by atoms with van der Waals surface area (Å²) in [5.41, 5.74) is 13.4. The minimum atomic E-state index is 0.287. The third-order valence-electron chi connectivity index (χ3n) is 7.20. The Balaban J connectivity index is 2.22. The first-order chi connectivity index (χ1) is 9.14. The molecule has 0 aliphatic heterocycles. The molecule has 0 heterocycles. The molecule has 3 rings (SSSR count). The minimum Gasteiger partial charge on any atom is -0.0598 e. The van der Waals surface area contributed by atoms with Gasteiger partial charge in [-0.2, -0.15) is 0 Å². The fraction of sp³-hybridized carbons (Fsp3) is 0.600. The molecule has 0 saturated heterocycles. The molecule has 2 unspecified atom stereocenters. The normalized spacial score (nSPS) is 37.2. The fourth-order valence-corrected chi connectivity index (χ4v) is 4.96. The van der Waals surface area contributed by atoms with Crippen molar-refractivity contribution in [2.24, 2.45) is 10.8 Å². The molecule has 3 aliphatic carbocycles. The summed E-state index contributed by atoms with van der Waals surface area (Å²) in [5, 5.41) is 0. The average Bonchev–Trinajstić information content (AvgIpc) is 2.67. The number of allylic oxidation sites excluding steroid dienone is 8. The van der Waals surface area contributed by atoms with Gasteiger partial charge < -0.3 is 0 Å². The van der Waals surface area contributed by atoms with Crippen LogP contribution in [0.5, 0.6) is 0 Å². The quantitative estimate of drug-likeness (QED) is 0.496. The average molecular weight is 268 g/mol. The predicted octanol–water partition coefficient (Wildman–Crippen LogP) is 6.13. The zero-order valence-electron chi connectivity index (χ0n) is 14.4. The maximum absolute atomic E-state index is 2.47. The van der Waals surface area contributed by atoms with Crippen LogP contribution < -0.4 is 0 Å². The lowest BCUT2D eigenvalue weighted by Crippen LogP contribution is -2.34. The van der Waals surface area contributed by atoms with E-state index < -0.39 is 0 Å². The molecule has 108 valence electrons. The summed E-state index contributed by atoms with van der Waals surface area (Å²) in [6.45, 7) is 19.0. The Hall–Kier alpha value is -1.04. The highest BCUT2D eigenvalue weighted by atomic mass is 14.6. The van der Waals surface area contributed by atoms with E-state index in [9.17, 15) is 0 Å². The summed E-state index contributed by atoms with van der Waals surface area (Å²) in [4.78, 5) is 0. The molecule has 1 fully saturated rings. The van der Waals surface area contributed by atoms with Gasteiger partial charge in [-0.15, -0.1) is 0 Å². The van der Waals surface area contributed by atoms with Crippen LogP contribution in [0.1, 0.15) is 68.2 Å². The van der Waals surface area contributed by atoms with E-state index in [2.05, 4.69) is 55.4 Å². The van der Waals surface area contributed by atoms with Crippen LogP contribution in [0.15, 0.2) is 44.6 Å². The maximum atomic E-state index is 2.47. The van der Waals surface area contributed by atoms with E-state index in [1.807, 2.05) is 0 Å². The van der Waals surface area contributed by atoms with Crippen LogP contribution >= 0.6 is 0 Å². The smallest absolute Gasteiger partial charge is 0.0139 e. The van der Waals surface area contributed by atoms with Gasteiger partial charge in [-0.05, 0) is 76.7 Å². The number of hydrogen-bond acceptors (Lipinski definition) is 0. The van der Waals surface area contributed by atoms with Gasteiger partial charge in [0.1, 0.15) is 0 Å². The maximum Gasteiger partial charge on any atom is 0.0139 e. The van der Waals surface area contributed by atoms with Gasteiger partial charge in [0.2, 0.25) is 0 Å². The SMILES string of the molecule is CC1=C(C)C2(C)CC3=C(C)C(C)=C(C)C3(C)CC2=C1C. The molecule has 1 saturated carbocycles. The number of rotatable bonds is 0. The molecule has 0 bridgehead atoms. The Morgan fingerprint density at radius 3 is 1.15 bits per heavy atom. The van der Waals surface area contributed by atoms with E-state index in [-0.39, 0.29) is 10.8 Å². The van der Waals surface area contributed by atoms with Crippen LogP contribution in [0.3, 0.4) is 0 Å². The first-order valence-electron chi connectivity index (χ1n) is 7.91. The first-order valence-corrected chi connectivity index (χ1v) is 7.91. The third kappa shape index (κ3) is 1.33. The molecule has 0 nitrogen and oxygen atoms in total. The molecular weight excluding hydrogens is 240 g/mol. The van der Waals surface area contributed by atoms with Crippen molar-refractivity contribution in [1.29, 1.82) is 0 Å². The largest absolute Gasteiger partial charge is 0.0598 e. The monoisotopic (exact) mass is 268 g/mol. The van der Waals surface area contributed by atoms with E-state index in [4.69, 9.17) is 0 Å². The van der Waals surface area contributed by atoms with Gasteiger partial charge in [0, 0.05) is 10.8 Å². The molecule has 2 atom stereocenters. The Morgan fingerprint density at radius 1 is 0.550 bits per heavy atom. The molecule has 0 amide bonds. The molecule has 0 aromatic heterocycles. The van der Waals surface area contributed by atoms with Gasteiger partial charge in [0.05, 0.1) is 0 Å². The Labute approximate surface area is 124 Å². The van der Waals surface area contributed by atoms with E-state index in [0.29, 0.717) is 0 Å². The summed E-state index contributed by atoms with van der Waals surface area (Å²) < 4.78 is 0. The van der Waals surface area contributed by atoms with Crippen molar-refractivity contribution in [3.63, 3.8) is 0 Å². The zero-order valence-corrected chi connectivity index (χ0v) is 14.4. The summed E-state index contributed by atoms with van der Waals surface area (Å²) in [6.07, 6.45) is 2.44. The predicted molar refractivity (Wildman–Crippen MR) is 87.6 cm³/mol. The van der Waals surface area contributed by atoms with E-state index >= 15 is 0 Å². The zero-order chi connectivity index (χ0) is 15.0. The Kier molecular flexibility index (Phi) is 2.63. The van der Waals surface area contributed by atoms with Gasteiger partial charge in [0.25, 0.3) is 0 Å². The third-order valence-corrected chi connectivity index (χ3v) is 7.20. The van der Waals surface area contributed by atoms with Crippen LogP contribution in [0.25, 0.3) is 0 Å². The van der Waals surface area contributed by atoms with Crippen molar-refractivity contribution >= 4 is 0 Å². The summed E-state index contributed by atoms with van der Waals surface area (Å²) >= 11 is 0. The second-order valence-corrected chi connectivity index (χ2v) is 7.72. The highest BCUT2D eigenvalue weighted by molar-refractivity contribution is 5.60. The number of fused-ring (bicyclic) bond motifs is 2. The van der Waals surface area contributed by atoms with E-state index in [1.165, 1.54) is 12.8 Å². The van der Waals surface area contributed by atoms with Gasteiger partial charge in [0.15, 0.2) is 0 Å². The lowest BCUT2D eigenvalue weighted by atomic mass is 9.58.